The fraction of sp³-hybridized carbons (Fsp3) is 0.179. The summed E-state index contributed by atoms with van der Waals surface area (Å²) < 4.78 is 6.22. The monoisotopic (exact) mass is 513 g/mol. The quantitative estimate of drug-likeness (QED) is 0.316. The summed E-state index contributed by atoms with van der Waals surface area (Å²) in [5.41, 5.74) is 2.78. The number of hydrogen-bond donors (Lipinski definition) is 1. The minimum atomic E-state index is -1.27. The van der Waals surface area contributed by atoms with Crippen LogP contribution in [0.5, 0.6) is 0 Å². The zero-order valence-electron chi connectivity index (χ0n) is 20.8. The van der Waals surface area contributed by atoms with Crippen LogP contribution in [0.15, 0.2) is 64.0 Å². The van der Waals surface area contributed by atoms with Crippen molar-refractivity contribution in [3.63, 3.8) is 0 Å². The summed E-state index contributed by atoms with van der Waals surface area (Å²) in [4.78, 5) is 59.9. The van der Waals surface area contributed by atoms with Crippen LogP contribution in [0.3, 0.4) is 0 Å². The minimum Gasteiger partial charge on any atom is -0.478 e. The van der Waals surface area contributed by atoms with E-state index in [1.807, 2.05) is 43.3 Å². The van der Waals surface area contributed by atoms with Crippen LogP contribution in [-0.4, -0.2) is 55.1 Å². The summed E-state index contributed by atoms with van der Waals surface area (Å²) in [6.07, 6.45) is -0.0968. The molecule has 0 atom stereocenters. The second-order valence-corrected chi connectivity index (χ2v) is 8.98. The van der Waals surface area contributed by atoms with Gasteiger partial charge >= 0.3 is 11.9 Å². The Morgan fingerprint density at radius 1 is 0.974 bits per heavy atom. The van der Waals surface area contributed by atoms with Gasteiger partial charge in [-0.1, -0.05) is 6.07 Å². The Hall–Kier alpha value is -4.99. The van der Waals surface area contributed by atoms with Crippen LogP contribution in [0.4, 0.5) is 5.69 Å². The normalized spacial score (nSPS) is 14.0. The van der Waals surface area contributed by atoms with E-state index < -0.39 is 23.8 Å². The number of rotatable bonds is 5. The molecule has 0 bridgehead atoms. The Bertz CT molecular complexity index is 1670. The summed E-state index contributed by atoms with van der Waals surface area (Å²) in [7, 11) is 5.47. The van der Waals surface area contributed by atoms with E-state index in [9.17, 15) is 24.3 Å². The van der Waals surface area contributed by atoms with E-state index >= 15 is 0 Å². The predicted octanol–water partition coefficient (Wildman–Crippen LogP) is 3.72. The van der Waals surface area contributed by atoms with Gasteiger partial charge in [0.2, 0.25) is 0 Å². The minimum absolute atomic E-state index is 0.0484. The maximum Gasteiger partial charge on any atom is 0.363 e. The molecule has 2 amide bonds. The number of benzene rings is 3. The zero-order valence-corrected chi connectivity index (χ0v) is 20.8. The SMILES string of the molecule is C/N=c1/ccc2c(-c3ccc(C(=O)ON4C(=O)CCC4=O)cc3C(=O)O)c3ccc(N(C)C)cc3oc-2c1. The standard InChI is InChI=1S/C28H23N3O7/c1-29-16-5-8-19-22(13-16)37-23-14-17(30(2)3)6-9-20(23)26(19)18-7-4-15(12-21(18)27(34)35)28(36)38-31-24(32)10-11-25(31)33/h4-9,12-14H,10-11H2,1-3H3,(H,34,35)/b29-16-. The van der Waals surface area contributed by atoms with Crippen LogP contribution >= 0.6 is 0 Å². The summed E-state index contributed by atoms with van der Waals surface area (Å²) in [5.74, 6) is -3.02. The fourth-order valence-corrected chi connectivity index (χ4v) is 4.43. The van der Waals surface area contributed by atoms with Gasteiger partial charge in [0.25, 0.3) is 11.8 Å². The molecule has 10 heteroatoms. The van der Waals surface area contributed by atoms with Crippen molar-refractivity contribution in [3.05, 3.63) is 71.1 Å². The Kier molecular flexibility index (Phi) is 6.15. The van der Waals surface area contributed by atoms with Gasteiger partial charge in [-0.2, -0.15) is 0 Å². The van der Waals surface area contributed by atoms with Crippen molar-refractivity contribution >= 4 is 40.4 Å². The molecule has 192 valence electrons. The lowest BCUT2D eigenvalue weighted by Gasteiger charge is -2.19. The topological polar surface area (TPSA) is 130 Å². The highest BCUT2D eigenvalue weighted by Gasteiger charge is 2.33. The number of carboxylic acids is 1. The number of hydroxylamine groups is 2. The highest BCUT2D eigenvalue weighted by atomic mass is 16.7. The molecule has 10 nitrogen and oxygen atoms in total. The van der Waals surface area contributed by atoms with E-state index in [1.165, 1.54) is 18.2 Å². The number of nitrogens with zero attached hydrogens (tertiary/aromatic N) is 3. The van der Waals surface area contributed by atoms with Crippen LogP contribution in [0.25, 0.3) is 33.4 Å². The average Bonchev–Trinajstić information content (AvgIpc) is 3.22. The maximum atomic E-state index is 12.7. The largest absolute Gasteiger partial charge is 0.478 e. The maximum absolute atomic E-state index is 12.7. The molecular formula is C28H23N3O7. The number of amides is 2. The average molecular weight is 514 g/mol. The fourth-order valence-electron chi connectivity index (χ4n) is 4.43. The summed E-state index contributed by atoms with van der Waals surface area (Å²) in [5, 5.41) is 11.9. The number of anilines is 1. The third kappa shape index (κ3) is 4.26. The molecule has 0 saturated carbocycles. The molecule has 1 aliphatic carbocycles. The van der Waals surface area contributed by atoms with Crippen molar-refractivity contribution in [2.45, 2.75) is 12.8 Å². The lowest BCUT2D eigenvalue weighted by atomic mass is 9.90. The summed E-state index contributed by atoms with van der Waals surface area (Å²) in [6.45, 7) is 0. The molecule has 1 saturated heterocycles. The number of hydrogen-bond acceptors (Lipinski definition) is 8. The lowest BCUT2D eigenvalue weighted by molar-refractivity contribution is -0.172. The van der Waals surface area contributed by atoms with Gasteiger partial charge in [0.1, 0.15) is 11.3 Å². The van der Waals surface area contributed by atoms with Crippen molar-refractivity contribution in [3.8, 4) is 22.5 Å². The van der Waals surface area contributed by atoms with Gasteiger partial charge in [-0.15, -0.1) is 5.06 Å². The highest BCUT2D eigenvalue weighted by Crippen LogP contribution is 2.42. The molecule has 2 heterocycles. The van der Waals surface area contributed by atoms with Crippen molar-refractivity contribution in [2.24, 2.45) is 4.99 Å². The first-order chi connectivity index (χ1) is 18.2. The van der Waals surface area contributed by atoms with E-state index in [-0.39, 0.29) is 24.0 Å². The molecule has 2 aromatic carbocycles. The van der Waals surface area contributed by atoms with Crippen molar-refractivity contribution < 1.29 is 33.5 Å². The molecule has 38 heavy (non-hydrogen) atoms. The molecule has 5 rings (SSSR count). The van der Waals surface area contributed by atoms with Crippen LogP contribution in [0, 0.1) is 0 Å². The van der Waals surface area contributed by atoms with E-state index in [2.05, 4.69) is 4.99 Å². The van der Waals surface area contributed by atoms with Gasteiger partial charge in [0, 0.05) is 68.3 Å². The molecular weight excluding hydrogens is 490 g/mol. The Labute approximate surface area is 216 Å². The smallest absolute Gasteiger partial charge is 0.363 e. The number of carbonyl (C=O) groups excluding carboxylic acids is 3. The second-order valence-electron chi connectivity index (χ2n) is 8.98. The molecule has 2 aliphatic heterocycles. The van der Waals surface area contributed by atoms with Crippen molar-refractivity contribution in [1.82, 2.24) is 5.06 Å². The zero-order chi connectivity index (χ0) is 27.1. The van der Waals surface area contributed by atoms with Gasteiger partial charge < -0.3 is 19.3 Å². The van der Waals surface area contributed by atoms with E-state index in [4.69, 9.17) is 9.25 Å². The number of carboxylic acid groups (broad SMARTS) is 1. The summed E-state index contributed by atoms with van der Waals surface area (Å²) >= 11 is 0. The molecule has 3 aliphatic rings. The Morgan fingerprint density at radius 2 is 1.68 bits per heavy atom. The summed E-state index contributed by atoms with van der Waals surface area (Å²) in [6, 6.07) is 15.1. The van der Waals surface area contributed by atoms with E-state index in [0.717, 1.165) is 5.69 Å². The first kappa shape index (κ1) is 24.7. The van der Waals surface area contributed by atoms with Crippen molar-refractivity contribution in [2.75, 3.05) is 26.0 Å². The number of aromatic carboxylic acids is 1. The Morgan fingerprint density at radius 3 is 2.34 bits per heavy atom. The number of carbonyl (C=O) groups is 4. The van der Waals surface area contributed by atoms with Crippen LogP contribution in [-0.2, 0) is 14.4 Å². The second kappa shape index (κ2) is 9.47. The van der Waals surface area contributed by atoms with Gasteiger partial charge in [-0.25, -0.2) is 9.59 Å². The first-order valence-electron chi connectivity index (χ1n) is 11.7. The number of imide groups is 1. The van der Waals surface area contributed by atoms with E-state index in [0.29, 0.717) is 43.8 Å². The third-order valence-corrected chi connectivity index (χ3v) is 6.40. The third-order valence-electron chi connectivity index (χ3n) is 6.40. The van der Waals surface area contributed by atoms with Crippen LogP contribution in [0.2, 0.25) is 0 Å². The molecule has 1 fully saturated rings. The van der Waals surface area contributed by atoms with Crippen LogP contribution in [0.1, 0.15) is 33.6 Å². The molecule has 0 aromatic heterocycles. The van der Waals surface area contributed by atoms with Gasteiger partial charge in [0.05, 0.1) is 16.5 Å². The molecule has 0 unspecified atom stereocenters. The predicted molar refractivity (Wildman–Crippen MR) is 138 cm³/mol. The Balaban J connectivity index is 1.70. The molecule has 1 N–H and O–H groups in total. The van der Waals surface area contributed by atoms with Crippen LogP contribution < -0.4 is 10.3 Å². The molecule has 2 aromatic rings. The number of fused-ring (bicyclic) bond motifs is 2. The highest BCUT2D eigenvalue weighted by molar-refractivity contribution is 6.09. The molecule has 0 spiro atoms. The van der Waals surface area contributed by atoms with Gasteiger partial charge in [-0.3, -0.25) is 14.6 Å². The van der Waals surface area contributed by atoms with E-state index in [1.54, 1.807) is 19.2 Å². The molecule has 0 radical (unpaired) electrons. The van der Waals surface area contributed by atoms with Gasteiger partial charge in [0.15, 0.2) is 0 Å². The van der Waals surface area contributed by atoms with Crippen molar-refractivity contribution in [1.29, 1.82) is 0 Å². The lowest BCUT2D eigenvalue weighted by Crippen LogP contribution is -2.32. The van der Waals surface area contributed by atoms with Gasteiger partial charge in [-0.05, 0) is 42.0 Å². The first-order valence-corrected chi connectivity index (χ1v) is 11.7.